The molecule has 0 saturated heterocycles. The molecule has 3 heteroatoms. The number of aromatic nitrogens is 1. The second kappa shape index (κ2) is 19.6. The van der Waals surface area contributed by atoms with Crippen LogP contribution in [0.2, 0.25) is 0 Å². The maximum absolute atomic E-state index is 4.47. The summed E-state index contributed by atoms with van der Waals surface area (Å²) in [6.45, 7) is 24.7. The third-order valence-corrected chi connectivity index (χ3v) is 4.49. The fraction of sp³-hybridized carbons (Fsp3) is 0.500. The van der Waals surface area contributed by atoms with Crippen molar-refractivity contribution in [2.75, 3.05) is 13.1 Å². The molecular formula is C26H44N2S. The number of allylic oxidation sites excluding steroid dienone is 2. The van der Waals surface area contributed by atoms with Crippen molar-refractivity contribution in [1.82, 2.24) is 10.3 Å². The van der Waals surface area contributed by atoms with Gasteiger partial charge in [-0.2, -0.15) is 0 Å². The minimum atomic E-state index is 0.648. The molecule has 2 nitrogen and oxygen atoms in total. The summed E-state index contributed by atoms with van der Waals surface area (Å²) < 4.78 is 0. The van der Waals surface area contributed by atoms with Crippen molar-refractivity contribution in [2.45, 2.75) is 68.7 Å². The Bertz CT molecular complexity index is 667. The molecule has 164 valence electrons. The average molecular weight is 417 g/mol. The SMILES string of the molecule is C/C=C\c1ncc(-c2ccc(C)s2)cc1C.C=CC(C)C.CCC.CCNCC. The molecule has 0 unspecified atom stereocenters. The van der Waals surface area contributed by atoms with E-state index in [9.17, 15) is 0 Å². The molecule has 2 rings (SSSR count). The lowest BCUT2D eigenvalue weighted by atomic mass is 10.1. The summed E-state index contributed by atoms with van der Waals surface area (Å²) in [5.74, 6) is 0.648. The second-order valence-electron chi connectivity index (χ2n) is 6.98. The molecule has 0 aliphatic carbocycles. The van der Waals surface area contributed by atoms with Crippen LogP contribution in [-0.4, -0.2) is 18.1 Å². The number of nitrogens with one attached hydrogen (secondary N) is 1. The summed E-state index contributed by atoms with van der Waals surface area (Å²) in [6.07, 6.45) is 9.18. The lowest BCUT2D eigenvalue weighted by Crippen LogP contribution is -2.09. The Hall–Kier alpha value is -1.71. The molecule has 2 heterocycles. The van der Waals surface area contributed by atoms with Gasteiger partial charge in [-0.25, -0.2) is 0 Å². The molecule has 0 spiro atoms. The maximum Gasteiger partial charge on any atom is 0.0655 e. The number of aryl methyl sites for hydroxylation is 2. The third-order valence-electron chi connectivity index (χ3n) is 3.44. The van der Waals surface area contributed by atoms with Crippen LogP contribution in [0.15, 0.2) is 43.1 Å². The third kappa shape index (κ3) is 15.8. The van der Waals surface area contributed by atoms with Crippen molar-refractivity contribution in [3.8, 4) is 10.4 Å². The molecule has 0 fully saturated rings. The number of pyridine rings is 1. The standard InChI is InChI=1S/C14H15NS.C5H10.C4H11N.C3H8/c1-4-5-13-10(2)8-12(9-15-13)14-7-6-11(3)16-14;1-4-5(2)3;1-3-5-4-2;1-3-2/h4-9H,1-3H3;4-5H,1H2,2-3H3;5H,3-4H2,1-2H3;3H2,1-2H3/b5-4-;;;. The summed E-state index contributed by atoms with van der Waals surface area (Å²) in [6, 6.07) is 6.51. The quantitative estimate of drug-likeness (QED) is 0.495. The van der Waals surface area contributed by atoms with Crippen LogP contribution in [0.5, 0.6) is 0 Å². The van der Waals surface area contributed by atoms with Gasteiger partial charge in [0.25, 0.3) is 0 Å². The van der Waals surface area contributed by atoms with E-state index in [0.29, 0.717) is 5.92 Å². The first-order valence-electron chi connectivity index (χ1n) is 10.8. The van der Waals surface area contributed by atoms with Crippen molar-refractivity contribution in [3.63, 3.8) is 0 Å². The highest BCUT2D eigenvalue weighted by molar-refractivity contribution is 7.15. The van der Waals surface area contributed by atoms with Crippen LogP contribution in [0, 0.1) is 19.8 Å². The summed E-state index contributed by atoms with van der Waals surface area (Å²) >= 11 is 1.81. The van der Waals surface area contributed by atoms with E-state index in [1.807, 2.05) is 42.7 Å². The van der Waals surface area contributed by atoms with Gasteiger partial charge in [0.1, 0.15) is 0 Å². The molecule has 0 radical (unpaired) electrons. The van der Waals surface area contributed by atoms with Gasteiger partial charge in [0.15, 0.2) is 0 Å². The molecule has 0 saturated carbocycles. The number of rotatable bonds is 5. The predicted molar refractivity (Wildman–Crippen MR) is 137 cm³/mol. The zero-order chi connectivity index (χ0) is 22.7. The molecule has 2 aromatic rings. The Balaban J connectivity index is 0. The number of thiophene rings is 1. The van der Waals surface area contributed by atoms with Crippen LogP contribution in [-0.2, 0) is 0 Å². The van der Waals surface area contributed by atoms with Gasteiger partial charge >= 0.3 is 0 Å². The zero-order valence-corrected chi connectivity index (χ0v) is 21.1. The molecule has 0 aliphatic rings. The molecular weight excluding hydrogens is 372 g/mol. The fourth-order valence-electron chi connectivity index (χ4n) is 1.89. The van der Waals surface area contributed by atoms with Gasteiger partial charge in [0.2, 0.25) is 0 Å². The van der Waals surface area contributed by atoms with Crippen molar-refractivity contribution < 1.29 is 0 Å². The van der Waals surface area contributed by atoms with Crippen LogP contribution < -0.4 is 5.32 Å². The molecule has 0 bridgehead atoms. The summed E-state index contributed by atoms with van der Waals surface area (Å²) in [7, 11) is 0. The minimum Gasteiger partial charge on any atom is -0.317 e. The van der Waals surface area contributed by atoms with E-state index in [2.05, 4.69) is 90.5 Å². The van der Waals surface area contributed by atoms with Gasteiger partial charge in [0, 0.05) is 21.5 Å². The topological polar surface area (TPSA) is 24.9 Å². The lowest BCUT2D eigenvalue weighted by molar-refractivity contribution is 0.762. The molecule has 29 heavy (non-hydrogen) atoms. The fourth-order valence-corrected chi connectivity index (χ4v) is 2.74. The van der Waals surface area contributed by atoms with Crippen LogP contribution in [0.1, 0.15) is 71.0 Å². The Morgan fingerprint density at radius 2 is 1.66 bits per heavy atom. The summed E-state index contributed by atoms with van der Waals surface area (Å²) in [4.78, 5) is 7.10. The van der Waals surface area contributed by atoms with E-state index >= 15 is 0 Å². The smallest absolute Gasteiger partial charge is 0.0655 e. The Morgan fingerprint density at radius 1 is 1.10 bits per heavy atom. The van der Waals surface area contributed by atoms with Crippen LogP contribution in [0.25, 0.3) is 16.5 Å². The van der Waals surface area contributed by atoms with Gasteiger partial charge in [-0.1, -0.05) is 60.1 Å². The molecule has 0 atom stereocenters. The summed E-state index contributed by atoms with van der Waals surface area (Å²) in [5, 5.41) is 3.11. The highest BCUT2D eigenvalue weighted by atomic mass is 32.1. The van der Waals surface area contributed by atoms with E-state index in [1.54, 1.807) is 0 Å². The van der Waals surface area contributed by atoms with E-state index in [-0.39, 0.29) is 0 Å². The van der Waals surface area contributed by atoms with E-state index in [4.69, 9.17) is 0 Å². The monoisotopic (exact) mass is 416 g/mol. The number of hydrogen-bond acceptors (Lipinski definition) is 3. The molecule has 0 aromatic carbocycles. The molecule has 0 amide bonds. The number of hydrogen-bond donors (Lipinski definition) is 1. The Morgan fingerprint density at radius 3 is 1.97 bits per heavy atom. The van der Waals surface area contributed by atoms with Gasteiger partial charge in [-0.3, -0.25) is 4.98 Å². The largest absolute Gasteiger partial charge is 0.317 e. The minimum absolute atomic E-state index is 0.648. The zero-order valence-electron chi connectivity index (χ0n) is 20.3. The Kier molecular flexibility index (Phi) is 19.9. The van der Waals surface area contributed by atoms with Gasteiger partial charge < -0.3 is 5.32 Å². The first-order valence-corrected chi connectivity index (χ1v) is 11.6. The maximum atomic E-state index is 4.47. The van der Waals surface area contributed by atoms with Gasteiger partial charge in [-0.05, 0) is 69.6 Å². The van der Waals surface area contributed by atoms with Crippen LogP contribution in [0.3, 0.4) is 0 Å². The van der Waals surface area contributed by atoms with Gasteiger partial charge in [-0.15, -0.1) is 17.9 Å². The summed E-state index contributed by atoms with van der Waals surface area (Å²) in [5.41, 5.74) is 3.49. The molecule has 0 aliphatic heterocycles. The van der Waals surface area contributed by atoms with Crippen molar-refractivity contribution in [3.05, 3.63) is 59.3 Å². The van der Waals surface area contributed by atoms with Crippen LogP contribution >= 0.6 is 11.3 Å². The van der Waals surface area contributed by atoms with Gasteiger partial charge in [0.05, 0.1) is 5.69 Å². The molecule has 2 aromatic heterocycles. The van der Waals surface area contributed by atoms with E-state index < -0.39 is 0 Å². The average Bonchev–Trinajstić information content (AvgIpc) is 3.12. The number of nitrogens with zero attached hydrogens (tertiary/aromatic N) is 1. The normalized spacial score (nSPS) is 9.72. The van der Waals surface area contributed by atoms with E-state index in [1.165, 1.54) is 27.3 Å². The highest BCUT2D eigenvalue weighted by Gasteiger charge is 2.03. The van der Waals surface area contributed by atoms with Crippen LogP contribution in [0.4, 0.5) is 0 Å². The first kappa shape index (κ1) is 29.5. The molecule has 1 N–H and O–H groups in total. The Labute approximate surface area is 185 Å². The first-order chi connectivity index (χ1) is 13.8. The lowest BCUT2D eigenvalue weighted by Gasteiger charge is -2.02. The van der Waals surface area contributed by atoms with Crippen molar-refractivity contribution in [2.24, 2.45) is 5.92 Å². The van der Waals surface area contributed by atoms with Crippen molar-refractivity contribution >= 4 is 17.4 Å². The second-order valence-corrected chi connectivity index (χ2v) is 8.27. The van der Waals surface area contributed by atoms with E-state index in [0.717, 1.165) is 18.8 Å². The van der Waals surface area contributed by atoms with Crippen molar-refractivity contribution in [1.29, 1.82) is 0 Å². The highest BCUT2D eigenvalue weighted by Crippen LogP contribution is 2.28. The predicted octanol–water partition coefficient (Wildman–Crippen LogP) is 8.32.